The van der Waals surface area contributed by atoms with Gasteiger partial charge in [-0.25, -0.2) is 4.79 Å². The van der Waals surface area contributed by atoms with Crippen molar-refractivity contribution in [3.05, 3.63) is 22.9 Å². The molecular weight excluding hydrogens is 152 g/mol. The zero-order chi connectivity index (χ0) is 8.77. The van der Waals surface area contributed by atoms with Gasteiger partial charge in [-0.15, -0.1) is 0 Å². The Balaban J connectivity index is 2.33. The maximum Gasteiger partial charge on any atom is 0.325 e. The minimum atomic E-state index is 0.0211. The highest BCUT2D eigenvalue weighted by atomic mass is 16.1. The fourth-order valence-corrected chi connectivity index (χ4v) is 1.94. The van der Waals surface area contributed by atoms with Crippen molar-refractivity contribution < 1.29 is 0 Å². The average molecular weight is 166 g/mol. The smallest absolute Gasteiger partial charge is 0.313 e. The van der Waals surface area contributed by atoms with Crippen LogP contribution in [0.25, 0.3) is 0 Å². The molecule has 2 rings (SSSR count). The lowest BCUT2D eigenvalue weighted by molar-refractivity contribution is 0.0793. The van der Waals surface area contributed by atoms with Gasteiger partial charge >= 0.3 is 5.69 Å². The van der Waals surface area contributed by atoms with Gasteiger partial charge in [0.2, 0.25) is 0 Å². The summed E-state index contributed by atoms with van der Waals surface area (Å²) in [5, 5.41) is 0. The zero-order valence-corrected chi connectivity index (χ0v) is 7.50. The molecule has 12 heavy (non-hydrogen) atoms. The Labute approximate surface area is 71.4 Å². The first-order valence-electron chi connectivity index (χ1n) is 4.37. The molecule has 1 aromatic heterocycles. The lowest BCUT2D eigenvalue weighted by Crippen LogP contribution is -2.40. The summed E-state index contributed by atoms with van der Waals surface area (Å²) in [5.41, 5.74) is 0.319. The van der Waals surface area contributed by atoms with Crippen LogP contribution in [0.4, 0.5) is 0 Å². The van der Waals surface area contributed by atoms with E-state index in [4.69, 9.17) is 0 Å². The number of hydrogen-bond acceptors (Lipinski definition) is 1. The van der Waals surface area contributed by atoms with Crippen LogP contribution in [-0.2, 0) is 0 Å². The molecule has 1 saturated carbocycles. The number of hydrogen-bond donors (Lipinski definition) is 1. The number of imidazole rings is 1. The van der Waals surface area contributed by atoms with Gasteiger partial charge in [0.15, 0.2) is 0 Å². The van der Waals surface area contributed by atoms with Crippen LogP contribution in [0.5, 0.6) is 0 Å². The second-order valence-electron chi connectivity index (χ2n) is 4.22. The molecule has 1 fully saturated rings. The molecule has 0 bridgehead atoms. The summed E-state index contributed by atoms with van der Waals surface area (Å²) in [4.78, 5) is 13.9. The molecule has 66 valence electrons. The first-order chi connectivity index (χ1) is 5.61. The van der Waals surface area contributed by atoms with Crippen molar-refractivity contribution in [3.63, 3.8) is 0 Å². The van der Waals surface area contributed by atoms with Gasteiger partial charge < -0.3 is 4.98 Å². The molecule has 1 aliphatic rings. The van der Waals surface area contributed by atoms with Crippen LogP contribution in [0.2, 0.25) is 0 Å². The van der Waals surface area contributed by atoms with Crippen molar-refractivity contribution in [1.82, 2.24) is 9.55 Å². The van der Waals surface area contributed by atoms with Crippen molar-refractivity contribution in [2.75, 3.05) is 0 Å². The lowest BCUT2D eigenvalue weighted by Gasteiger charge is -2.44. The van der Waals surface area contributed by atoms with Crippen molar-refractivity contribution in [2.45, 2.75) is 32.7 Å². The van der Waals surface area contributed by atoms with Crippen LogP contribution in [-0.4, -0.2) is 9.55 Å². The maximum atomic E-state index is 11.2. The molecule has 0 aromatic carbocycles. The predicted octanol–water partition coefficient (Wildman–Crippen LogP) is 1.54. The third kappa shape index (κ3) is 0.924. The molecule has 1 heterocycles. The van der Waals surface area contributed by atoms with Crippen molar-refractivity contribution in [3.8, 4) is 0 Å². The average Bonchev–Trinajstić information content (AvgIpc) is 2.35. The van der Waals surface area contributed by atoms with E-state index in [1.165, 1.54) is 6.42 Å². The zero-order valence-electron chi connectivity index (χ0n) is 7.50. The number of H-pyrrole nitrogens is 1. The summed E-state index contributed by atoms with van der Waals surface area (Å²) in [6.45, 7) is 4.42. The number of rotatable bonds is 1. The van der Waals surface area contributed by atoms with Gasteiger partial charge in [0.25, 0.3) is 0 Å². The Bertz CT molecular complexity index is 334. The number of nitrogens with zero attached hydrogens (tertiary/aromatic N) is 1. The quantitative estimate of drug-likeness (QED) is 0.675. The van der Waals surface area contributed by atoms with E-state index in [9.17, 15) is 4.79 Å². The molecule has 3 heteroatoms. The predicted molar refractivity (Wildman–Crippen MR) is 47.1 cm³/mol. The first-order valence-corrected chi connectivity index (χ1v) is 4.37. The number of aromatic nitrogens is 2. The summed E-state index contributed by atoms with van der Waals surface area (Å²) in [6, 6.07) is 0.399. The van der Waals surface area contributed by atoms with E-state index in [0.717, 1.165) is 6.42 Å². The summed E-state index contributed by atoms with van der Waals surface area (Å²) < 4.78 is 1.81. The molecule has 0 aliphatic heterocycles. The Morgan fingerprint density at radius 1 is 1.67 bits per heavy atom. The van der Waals surface area contributed by atoms with E-state index >= 15 is 0 Å². The van der Waals surface area contributed by atoms with Crippen LogP contribution in [0.15, 0.2) is 17.2 Å². The summed E-state index contributed by atoms with van der Waals surface area (Å²) in [7, 11) is 0. The molecule has 1 aliphatic carbocycles. The summed E-state index contributed by atoms with van der Waals surface area (Å²) in [5.74, 6) is 0. The molecular formula is C9H14N2O. The third-order valence-electron chi connectivity index (χ3n) is 2.98. The minimum Gasteiger partial charge on any atom is -0.313 e. The Morgan fingerprint density at radius 2 is 2.42 bits per heavy atom. The minimum absolute atomic E-state index is 0.0211. The Morgan fingerprint density at radius 3 is 2.75 bits per heavy atom. The summed E-state index contributed by atoms with van der Waals surface area (Å²) >= 11 is 0. The van der Waals surface area contributed by atoms with Crippen LogP contribution in [0.3, 0.4) is 0 Å². The normalized spacial score (nSPS) is 26.7. The van der Waals surface area contributed by atoms with Crippen molar-refractivity contribution in [1.29, 1.82) is 0 Å². The van der Waals surface area contributed by atoms with Crippen LogP contribution in [0, 0.1) is 5.41 Å². The molecule has 1 N–H and O–H groups in total. The Kier molecular flexibility index (Phi) is 1.43. The molecule has 0 amide bonds. The third-order valence-corrected chi connectivity index (χ3v) is 2.98. The standard InChI is InChI=1S/C9H14N2O/c1-9(2)4-3-7(9)11-6-5-10-8(11)12/h5-7H,3-4H2,1-2H3,(H,10,12). The van der Waals surface area contributed by atoms with Crippen molar-refractivity contribution in [2.24, 2.45) is 5.41 Å². The van der Waals surface area contributed by atoms with Crippen LogP contribution >= 0.6 is 0 Å². The van der Waals surface area contributed by atoms with Gasteiger partial charge in [-0.1, -0.05) is 13.8 Å². The molecule has 3 nitrogen and oxygen atoms in total. The molecule has 0 saturated heterocycles. The second kappa shape index (κ2) is 2.25. The van der Waals surface area contributed by atoms with E-state index in [1.807, 2.05) is 10.8 Å². The fourth-order valence-electron chi connectivity index (χ4n) is 1.94. The Hall–Kier alpha value is -0.990. The van der Waals surface area contributed by atoms with Gasteiger partial charge in [0.05, 0.1) is 0 Å². The molecule has 1 unspecified atom stereocenters. The van der Waals surface area contributed by atoms with E-state index in [-0.39, 0.29) is 5.69 Å². The van der Waals surface area contributed by atoms with E-state index in [1.54, 1.807) is 6.20 Å². The van der Waals surface area contributed by atoms with Gasteiger partial charge in [0, 0.05) is 18.4 Å². The number of aromatic amines is 1. The summed E-state index contributed by atoms with van der Waals surface area (Å²) in [6.07, 6.45) is 5.89. The van der Waals surface area contributed by atoms with Crippen LogP contribution < -0.4 is 5.69 Å². The highest BCUT2D eigenvalue weighted by Gasteiger charge is 2.40. The molecule has 1 aromatic rings. The molecule has 0 spiro atoms. The highest BCUT2D eigenvalue weighted by Crippen LogP contribution is 2.48. The first kappa shape index (κ1) is 7.65. The van der Waals surface area contributed by atoms with Gasteiger partial charge in [-0.3, -0.25) is 4.57 Å². The van der Waals surface area contributed by atoms with E-state index < -0.39 is 0 Å². The fraction of sp³-hybridized carbons (Fsp3) is 0.667. The maximum absolute atomic E-state index is 11.2. The SMILES string of the molecule is CC1(C)CCC1n1cc[nH]c1=O. The molecule has 0 radical (unpaired) electrons. The largest absolute Gasteiger partial charge is 0.325 e. The monoisotopic (exact) mass is 166 g/mol. The molecule has 1 atom stereocenters. The topological polar surface area (TPSA) is 37.8 Å². The van der Waals surface area contributed by atoms with E-state index in [2.05, 4.69) is 18.8 Å². The number of nitrogens with one attached hydrogen (secondary N) is 1. The van der Waals surface area contributed by atoms with Gasteiger partial charge in [-0.05, 0) is 18.3 Å². The second-order valence-corrected chi connectivity index (χ2v) is 4.22. The van der Waals surface area contributed by atoms with E-state index in [0.29, 0.717) is 11.5 Å². The lowest BCUT2D eigenvalue weighted by atomic mass is 9.67. The van der Waals surface area contributed by atoms with Crippen LogP contribution in [0.1, 0.15) is 32.7 Å². The van der Waals surface area contributed by atoms with Gasteiger partial charge in [0.1, 0.15) is 0 Å². The van der Waals surface area contributed by atoms with Gasteiger partial charge in [-0.2, -0.15) is 0 Å². The highest BCUT2D eigenvalue weighted by molar-refractivity contribution is 4.96. The van der Waals surface area contributed by atoms with Crippen molar-refractivity contribution >= 4 is 0 Å².